The first-order chi connectivity index (χ1) is 51.4. The van der Waals surface area contributed by atoms with Crippen LogP contribution in [0.1, 0.15) is 0 Å². The molecule has 0 spiro atoms. The van der Waals surface area contributed by atoms with Gasteiger partial charge in [0.2, 0.25) is 9.04 Å². The Balaban J connectivity index is 5.95. The predicted octanol–water partition coefficient (Wildman–Crippen LogP) is 21.0. The molecule has 0 aromatic carbocycles. The van der Waals surface area contributed by atoms with E-state index in [9.17, 15) is 0 Å². The normalized spacial score (nSPS) is 16.1. The van der Waals surface area contributed by atoms with Gasteiger partial charge in [0.15, 0.2) is 9.04 Å². The van der Waals surface area contributed by atoms with Crippen molar-refractivity contribution in [2.75, 3.05) is 0 Å². The van der Waals surface area contributed by atoms with Crippen molar-refractivity contribution in [1.29, 1.82) is 0 Å². The van der Waals surface area contributed by atoms with Gasteiger partial charge in [0.1, 0.15) is 0 Å². The van der Waals surface area contributed by atoms with E-state index in [1.54, 1.807) is 0 Å². The molecular formula is C60H182O30Si30. The van der Waals surface area contributed by atoms with Crippen LogP contribution in [-0.2, 0) is 124 Å². The van der Waals surface area contributed by atoms with Gasteiger partial charge < -0.3 is 115 Å². The van der Waals surface area contributed by atoms with E-state index in [1.807, 2.05) is 78.6 Å². The lowest BCUT2D eigenvalue weighted by molar-refractivity contribution is -0.132. The molecule has 0 amide bonds. The number of hydrogen-bond acceptors (Lipinski definition) is 30. The monoisotopic (exact) mass is 2220 g/mol. The largest absolute Gasteiger partial charge is 0.440 e. The Morgan fingerprint density at radius 3 is 0.250 bits per heavy atom. The predicted molar refractivity (Wildman–Crippen MR) is 560 cm³/mol. The standard InChI is InChI=1S/C60H182O30Si30/c1-91(2)61-62-93(5,6)64-95(9,10)66-97(13,14)68-99(17,18)70-101(21,22)72-103(25,26)74-105(29,30)76-107(33,34)78-109(37,38)80-111(41,42)82-113(45,46)84-115(49,50)86-117(53,54)88-119(57,58)90-120(59,60)89-118(55,56)87-116(51,52)85-114(47,48)83-112(43,44)81-110(39,40)79-108(35,36)77-106(31,32)75-104(27,28)73-102(23,24)71-100(19,20)69-98(15,16)67-96(11,12)65-94(7,8)63-92(3)4/h91-92H,1-60H3. The molecule has 0 aromatic rings. The summed E-state index contributed by atoms with van der Waals surface area (Å²) in [5, 5.41) is 0. The van der Waals surface area contributed by atoms with Gasteiger partial charge in [-0.05, 0) is 393 Å². The van der Waals surface area contributed by atoms with Crippen molar-refractivity contribution in [2.24, 2.45) is 0 Å². The van der Waals surface area contributed by atoms with Crippen LogP contribution < -0.4 is 0 Å². The summed E-state index contributed by atoms with van der Waals surface area (Å²) in [4.78, 5) is 0. The zero-order chi connectivity index (χ0) is 96.4. The fourth-order valence-electron chi connectivity index (χ4n) is 17.3. The van der Waals surface area contributed by atoms with Crippen molar-refractivity contribution in [3.05, 3.63) is 0 Å². The van der Waals surface area contributed by atoms with E-state index >= 15 is 0 Å². The molecule has 0 unspecified atom stereocenters. The summed E-state index contributed by atoms with van der Waals surface area (Å²) < 4.78 is 205. The summed E-state index contributed by atoms with van der Waals surface area (Å²) in [6.45, 7) is 123. The lowest BCUT2D eigenvalue weighted by atomic mass is 11.9. The van der Waals surface area contributed by atoms with Crippen LogP contribution in [0.5, 0.6) is 0 Å². The van der Waals surface area contributed by atoms with Crippen LogP contribution in [-0.4, -0.2) is 258 Å². The van der Waals surface area contributed by atoms with E-state index < -0.39 is 258 Å². The van der Waals surface area contributed by atoms with Gasteiger partial charge in [-0.25, -0.2) is 0 Å². The summed E-state index contributed by atoms with van der Waals surface area (Å²) in [6.07, 6.45) is 0. The molecule has 0 bridgehead atoms. The minimum atomic E-state index is -2.94. The molecule has 0 radical (unpaired) electrons. The molecular weight excluding hydrogens is 2040 g/mol. The number of hydrogen-bond donors (Lipinski definition) is 0. The zero-order valence-corrected chi connectivity index (χ0v) is 118. The lowest BCUT2D eigenvalue weighted by Crippen LogP contribution is -2.63. The maximum atomic E-state index is 7.02. The molecule has 0 aromatic heterocycles. The van der Waals surface area contributed by atoms with Crippen molar-refractivity contribution in [3.63, 3.8) is 0 Å². The first-order valence-electron chi connectivity index (χ1n) is 42.4. The van der Waals surface area contributed by atoms with Crippen LogP contribution in [0.3, 0.4) is 0 Å². The second kappa shape index (κ2) is 43.1. The van der Waals surface area contributed by atoms with Crippen LogP contribution in [0.4, 0.5) is 0 Å². The second-order valence-electron chi connectivity index (χ2n) is 44.3. The Bertz CT molecular complexity index is 3110. The molecule has 0 fully saturated rings. The maximum absolute atomic E-state index is 7.02. The minimum absolute atomic E-state index is 1.29. The average molecular weight is 2230 g/mol. The van der Waals surface area contributed by atoms with Crippen LogP contribution in [0.2, 0.25) is 393 Å². The molecule has 0 N–H and O–H groups in total. The summed E-state index contributed by atoms with van der Waals surface area (Å²) >= 11 is 0. The summed E-state index contributed by atoms with van der Waals surface area (Å²) in [6, 6.07) is 0. The molecule has 0 heterocycles. The van der Waals surface area contributed by atoms with Crippen molar-refractivity contribution >= 4 is 258 Å². The van der Waals surface area contributed by atoms with Crippen molar-refractivity contribution < 1.29 is 124 Å². The fourth-order valence-corrected chi connectivity index (χ4v) is 166. The van der Waals surface area contributed by atoms with Crippen LogP contribution in [0, 0.1) is 0 Å². The van der Waals surface area contributed by atoms with Gasteiger partial charge in [-0.3, -0.25) is 9.15 Å². The van der Waals surface area contributed by atoms with E-state index in [1.165, 1.54) is 0 Å². The second-order valence-corrected chi connectivity index (χ2v) is 150. The van der Waals surface area contributed by atoms with Crippen LogP contribution in [0.15, 0.2) is 0 Å². The molecule has 0 rings (SSSR count). The highest BCUT2D eigenvalue weighted by molar-refractivity contribution is 6.98. The molecule has 722 valence electrons. The maximum Gasteiger partial charge on any atom is 0.358 e. The van der Waals surface area contributed by atoms with Crippen molar-refractivity contribution in [2.45, 2.75) is 393 Å². The fraction of sp³-hybridized carbons (Fsp3) is 1.00. The zero-order valence-electron chi connectivity index (χ0n) is 87.4. The molecule has 30 nitrogen and oxygen atoms in total. The molecule has 120 heavy (non-hydrogen) atoms. The third-order valence-electron chi connectivity index (χ3n) is 14.2. The number of rotatable bonds is 59. The highest BCUT2D eigenvalue weighted by Gasteiger charge is 2.58. The third kappa shape index (κ3) is 58.0. The van der Waals surface area contributed by atoms with E-state index in [-0.39, 0.29) is 0 Å². The van der Waals surface area contributed by atoms with E-state index in [0.29, 0.717) is 0 Å². The van der Waals surface area contributed by atoms with E-state index in [2.05, 4.69) is 314 Å². The highest BCUT2D eigenvalue weighted by Crippen LogP contribution is 2.38. The average Bonchev–Trinajstić information content (AvgIpc) is 0.796. The topological polar surface area (TPSA) is 277 Å². The van der Waals surface area contributed by atoms with Gasteiger partial charge in [-0.1, -0.05) is 0 Å². The molecule has 0 saturated carbocycles. The van der Waals surface area contributed by atoms with Crippen molar-refractivity contribution in [3.8, 4) is 0 Å². The molecule has 0 atom stereocenters. The Hall–Kier alpha value is 5.31. The summed E-state index contributed by atoms with van der Waals surface area (Å²) in [5.74, 6) is 0. The van der Waals surface area contributed by atoms with Gasteiger partial charge in [0, 0.05) is 0 Å². The molecule has 0 aliphatic rings. The SMILES string of the molecule is C[SiH](C)OO[Si](C)(C)O[Si](C)(C)O[Si](C)(C)O[Si](C)(C)O[Si](C)(C)O[Si](C)(C)O[Si](C)(C)O[Si](C)(C)O[Si](C)(C)O[Si](C)(C)O[Si](C)(C)O[Si](C)(C)O[Si](C)(C)O[Si](C)(C)O[Si](C)(C)O[Si](C)(C)O[Si](C)(C)O[Si](C)(C)O[Si](C)(C)O[Si](C)(C)O[Si](C)(C)O[Si](C)(C)O[Si](C)(C)O[Si](C)(C)O[Si](C)(C)O[Si](C)(C)O[Si](C)(C)O[Si](C)(C)O[SiH](C)C. The Morgan fingerprint density at radius 1 is 0.100 bits per heavy atom. The van der Waals surface area contributed by atoms with Gasteiger partial charge in [-0.15, -0.1) is 0 Å². The van der Waals surface area contributed by atoms with Gasteiger partial charge in [0.05, 0.1) is 0 Å². The quantitative estimate of drug-likeness (QED) is 0.0311. The van der Waals surface area contributed by atoms with Crippen LogP contribution in [0.25, 0.3) is 0 Å². The van der Waals surface area contributed by atoms with Gasteiger partial charge in [0.25, 0.3) is 0 Å². The first kappa shape index (κ1) is 125. The van der Waals surface area contributed by atoms with E-state index in [4.69, 9.17) is 124 Å². The molecule has 0 aliphatic heterocycles. The van der Waals surface area contributed by atoms with E-state index in [0.717, 1.165) is 0 Å². The van der Waals surface area contributed by atoms with Gasteiger partial charge in [-0.2, -0.15) is 0 Å². The third-order valence-corrected chi connectivity index (χ3v) is 126. The van der Waals surface area contributed by atoms with Crippen LogP contribution >= 0.6 is 0 Å². The van der Waals surface area contributed by atoms with Gasteiger partial charge >= 0.3 is 240 Å². The molecule has 0 aliphatic carbocycles. The molecule has 0 saturated heterocycles. The Morgan fingerprint density at radius 2 is 0.175 bits per heavy atom. The summed E-state index contributed by atoms with van der Waals surface area (Å²) in [7, 11) is -82.1. The molecule has 60 heteroatoms. The first-order valence-corrected chi connectivity index (χ1v) is 127. The highest BCUT2D eigenvalue weighted by atomic mass is 28.6. The minimum Gasteiger partial charge on any atom is -0.440 e. The Labute approximate surface area is 767 Å². The lowest BCUT2D eigenvalue weighted by Gasteiger charge is -2.45. The Kier molecular flexibility index (Phi) is 45.0. The smallest absolute Gasteiger partial charge is 0.358 e. The van der Waals surface area contributed by atoms with Crippen molar-refractivity contribution in [1.82, 2.24) is 0 Å². The summed E-state index contributed by atoms with van der Waals surface area (Å²) in [5.41, 5.74) is 0.